The van der Waals surface area contributed by atoms with Gasteiger partial charge in [0, 0.05) is 25.6 Å². The van der Waals surface area contributed by atoms with Crippen LogP contribution >= 0.6 is 0 Å². The minimum absolute atomic E-state index is 0.0131. The van der Waals surface area contributed by atoms with Gasteiger partial charge in [-0.25, -0.2) is 8.42 Å². The summed E-state index contributed by atoms with van der Waals surface area (Å²) < 4.78 is 26.5. The van der Waals surface area contributed by atoms with Crippen molar-refractivity contribution in [1.82, 2.24) is 10.2 Å². The molecular weight excluding hydrogens is 486 g/mol. The van der Waals surface area contributed by atoms with Gasteiger partial charge in [0.1, 0.15) is 6.04 Å². The van der Waals surface area contributed by atoms with Crippen LogP contribution in [-0.2, 0) is 26.2 Å². The van der Waals surface area contributed by atoms with Crippen molar-refractivity contribution in [3.8, 4) is 0 Å². The fourth-order valence-electron chi connectivity index (χ4n) is 4.14. The molecule has 0 radical (unpaired) electrons. The maximum atomic E-state index is 13.5. The first-order valence-electron chi connectivity index (χ1n) is 13.1. The molecule has 0 spiro atoms. The molecule has 7 nitrogen and oxygen atoms in total. The molecule has 0 fully saturated rings. The Bertz CT molecular complexity index is 1160. The second-order valence-electron chi connectivity index (χ2n) is 9.96. The third-order valence-corrected chi connectivity index (χ3v) is 7.99. The van der Waals surface area contributed by atoms with Gasteiger partial charge >= 0.3 is 0 Å². The fraction of sp³-hybridized carbons (Fsp3) is 0.517. The van der Waals surface area contributed by atoms with Crippen molar-refractivity contribution in [3.63, 3.8) is 0 Å². The lowest BCUT2D eigenvalue weighted by Gasteiger charge is -2.32. The number of aryl methyl sites for hydroxylation is 3. The van der Waals surface area contributed by atoms with Gasteiger partial charge in [0.2, 0.25) is 21.8 Å². The smallest absolute Gasteiger partial charge is 0.243 e. The van der Waals surface area contributed by atoms with E-state index in [1.807, 2.05) is 77.9 Å². The van der Waals surface area contributed by atoms with Gasteiger partial charge in [0.05, 0.1) is 11.9 Å². The summed E-state index contributed by atoms with van der Waals surface area (Å²) in [6.45, 7) is 12.3. The highest BCUT2D eigenvalue weighted by molar-refractivity contribution is 7.92. The average Bonchev–Trinajstić information content (AvgIpc) is 2.83. The van der Waals surface area contributed by atoms with Gasteiger partial charge in [-0.05, 0) is 75.8 Å². The van der Waals surface area contributed by atoms with Gasteiger partial charge in [0.15, 0.2) is 0 Å². The summed E-state index contributed by atoms with van der Waals surface area (Å²) in [5, 5.41) is 3.02. The summed E-state index contributed by atoms with van der Waals surface area (Å²) in [4.78, 5) is 28.3. The van der Waals surface area contributed by atoms with Crippen LogP contribution in [-0.4, -0.2) is 50.0 Å². The number of anilines is 1. The van der Waals surface area contributed by atoms with Crippen molar-refractivity contribution in [1.29, 1.82) is 0 Å². The van der Waals surface area contributed by atoms with Crippen LogP contribution in [0.3, 0.4) is 0 Å². The zero-order valence-corrected chi connectivity index (χ0v) is 24.2. The Labute approximate surface area is 223 Å². The Morgan fingerprint density at radius 2 is 1.59 bits per heavy atom. The molecule has 0 aliphatic carbocycles. The Morgan fingerprint density at radius 3 is 2.14 bits per heavy atom. The molecule has 2 rings (SSSR count). The normalized spacial score (nSPS) is 13.1. The molecule has 0 saturated heterocycles. The van der Waals surface area contributed by atoms with E-state index in [9.17, 15) is 18.0 Å². The topological polar surface area (TPSA) is 86.8 Å². The van der Waals surface area contributed by atoms with E-state index >= 15 is 0 Å². The first-order valence-corrected chi connectivity index (χ1v) is 14.9. The van der Waals surface area contributed by atoms with Gasteiger partial charge in [-0.3, -0.25) is 13.9 Å². The third kappa shape index (κ3) is 8.88. The summed E-state index contributed by atoms with van der Waals surface area (Å²) >= 11 is 0. The molecule has 0 bridgehead atoms. The monoisotopic (exact) mass is 529 g/mol. The van der Waals surface area contributed by atoms with E-state index in [-0.39, 0.29) is 30.8 Å². The zero-order valence-electron chi connectivity index (χ0n) is 23.4. The van der Waals surface area contributed by atoms with Gasteiger partial charge < -0.3 is 10.2 Å². The maximum Gasteiger partial charge on any atom is 0.243 e. The minimum atomic E-state index is -3.52. The molecule has 2 aromatic rings. The molecule has 2 amide bonds. The van der Waals surface area contributed by atoms with Crippen LogP contribution in [0.2, 0.25) is 0 Å². The first kappa shape index (κ1) is 30.4. The van der Waals surface area contributed by atoms with Gasteiger partial charge in [-0.2, -0.15) is 0 Å². The number of carbonyl (C=O) groups is 2. The molecule has 2 unspecified atom stereocenters. The van der Waals surface area contributed by atoms with Crippen molar-refractivity contribution in [2.45, 2.75) is 85.9 Å². The average molecular weight is 530 g/mol. The van der Waals surface area contributed by atoms with Crippen molar-refractivity contribution in [3.05, 3.63) is 64.7 Å². The molecule has 0 aromatic heterocycles. The van der Waals surface area contributed by atoms with E-state index in [1.54, 1.807) is 11.0 Å². The van der Waals surface area contributed by atoms with Crippen LogP contribution in [0.4, 0.5) is 5.69 Å². The summed E-state index contributed by atoms with van der Waals surface area (Å²) in [5.41, 5.74) is 4.75. The lowest BCUT2D eigenvalue weighted by molar-refractivity contribution is -0.141. The molecule has 204 valence electrons. The van der Waals surface area contributed by atoms with Crippen LogP contribution < -0.4 is 9.62 Å². The number of nitrogens with zero attached hydrogens (tertiary/aromatic N) is 2. The van der Waals surface area contributed by atoms with Gasteiger partial charge in [-0.1, -0.05) is 49.7 Å². The second kappa shape index (κ2) is 13.6. The third-order valence-electron chi connectivity index (χ3n) is 6.79. The van der Waals surface area contributed by atoms with Crippen LogP contribution in [0.1, 0.15) is 68.7 Å². The number of carbonyl (C=O) groups excluding carboxylic acids is 2. The highest BCUT2D eigenvalue weighted by atomic mass is 32.2. The molecule has 0 aliphatic rings. The zero-order chi connectivity index (χ0) is 27.8. The van der Waals surface area contributed by atoms with E-state index < -0.39 is 16.1 Å². The second-order valence-corrected chi connectivity index (χ2v) is 11.9. The quantitative estimate of drug-likeness (QED) is 0.401. The van der Waals surface area contributed by atoms with E-state index in [1.165, 1.54) is 10.6 Å². The number of hydrogen-bond acceptors (Lipinski definition) is 4. The molecule has 8 heteroatoms. The van der Waals surface area contributed by atoms with Crippen LogP contribution in [0, 0.1) is 20.8 Å². The lowest BCUT2D eigenvalue weighted by Crippen LogP contribution is -2.50. The number of hydrogen-bond donors (Lipinski definition) is 1. The Morgan fingerprint density at radius 1 is 0.946 bits per heavy atom. The van der Waals surface area contributed by atoms with Crippen molar-refractivity contribution < 1.29 is 18.0 Å². The molecule has 2 atom stereocenters. The van der Waals surface area contributed by atoms with E-state index in [4.69, 9.17) is 0 Å². The van der Waals surface area contributed by atoms with Crippen molar-refractivity contribution in [2.24, 2.45) is 0 Å². The fourth-order valence-corrected chi connectivity index (χ4v) is 5.09. The van der Waals surface area contributed by atoms with Crippen LogP contribution in [0.25, 0.3) is 0 Å². The Kier molecular flexibility index (Phi) is 11.2. The number of nitrogens with one attached hydrogen (secondary N) is 1. The molecule has 0 heterocycles. The SMILES string of the molecule is CCC(C)NC(=O)C(CC)N(Cc1ccc(C)cc1)C(=O)CCCN(c1ccc(C)c(C)c1)S(C)(=O)=O. The predicted octanol–water partition coefficient (Wildman–Crippen LogP) is 4.88. The molecular formula is C29H43N3O4S. The van der Waals surface area contributed by atoms with E-state index in [0.29, 0.717) is 25.1 Å². The predicted molar refractivity (Wildman–Crippen MR) is 151 cm³/mol. The highest BCUT2D eigenvalue weighted by Crippen LogP contribution is 2.22. The Balaban J connectivity index is 2.23. The Hall–Kier alpha value is -2.87. The molecule has 1 N–H and O–H groups in total. The number of benzene rings is 2. The van der Waals surface area contributed by atoms with E-state index in [2.05, 4.69) is 5.32 Å². The summed E-state index contributed by atoms with van der Waals surface area (Å²) in [6.07, 6.45) is 2.94. The number of sulfonamides is 1. The molecule has 0 saturated carbocycles. The summed E-state index contributed by atoms with van der Waals surface area (Å²) in [7, 11) is -3.52. The van der Waals surface area contributed by atoms with Crippen LogP contribution in [0.5, 0.6) is 0 Å². The number of amides is 2. The van der Waals surface area contributed by atoms with Crippen LogP contribution in [0.15, 0.2) is 42.5 Å². The van der Waals surface area contributed by atoms with E-state index in [0.717, 1.165) is 28.7 Å². The molecule has 37 heavy (non-hydrogen) atoms. The van der Waals surface area contributed by atoms with Gasteiger partial charge in [-0.15, -0.1) is 0 Å². The minimum Gasteiger partial charge on any atom is -0.352 e. The van der Waals surface area contributed by atoms with Gasteiger partial charge in [0.25, 0.3) is 0 Å². The maximum absolute atomic E-state index is 13.5. The first-order chi connectivity index (χ1) is 17.4. The molecule has 2 aromatic carbocycles. The summed E-state index contributed by atoms with van der Waals surface area (Å²) in [5.74, 6) is -0.328. The number of rotatable bonds is 13. The van der Waals surface area contributed by atoms with Crippen molar-refractivity contribution >= 4 is 27.5 Å². The largest absolute Gasteiger partial charge is 0.352 e. The summed E-state index contributed by atoms with van der Waals surface area (Å²) in [6, 6.07) is 12.9. The lowest BCUT2D eigenvalue weighted by atomic mass is 10.1. The highest BCUT2D eigenvalue weighted by Gasteiger charge is 2.29. The van der Waals surface area contributed by atoms with Crippen molar-refractivity contribution in [2.75, 3.05) is 17.1 Å². The standard InChI is InChI=1S/C29H43N3O4S/c1-8-24(6)30-29(34)27(9-2)31(20-25-15-12-21(3)13-16-25)28(33)11-10-18-32(37(7,35)36)26-17-14-22(4)23(5)19-26/h12-17,19,24,27H,8-11,18,20H2,1-7H3,(H,30,34). The molecule has 0 aliphatic heterocycles.